The maximum Gasteiger partial charge on any atom is 0.158 e. The summed E-state index contributed by atoms with van der Waals surface area (Å²) in [7, 11) is 0. The molecule has 84 valence electrons. The highest BCUT2D eigenvalue weighted by atomic mass is 16.1. The van der Waals surface area contributed by atoms with Gasteiger partial charge in [-0.3, -0.25) is 4.79 Å². The molecule has 0 aromatic heterocycles. The summed E-state index contributed by atoms with van der Waals surface area (Å²) in [5.41, 5.74) is 0.865. The molecule has 1 fully saturated rings. The van der Waals surface area contributed by atoms with Gasteiger partial charge in [-0.2, -0.15) is 0 Å². The Bertz CT molecular complexity index is 252. The van der Waals surface area contributed by atoms with Crippen molar-refractivity contribution >= 4 is 5.78 Å². The van der Waals surface area contributed by atoms with Crippen LogP contribution in [0.2, 0.25) is 0 Å². The fraction of sp³-hybridized carbons (Fsp3) is 0.643. The highest BCUT2D eigenvalue weighted by Gasteiger charge is 2.26. The Morgan fingerprint density at radius 3 is 2.67 bits per heavy atom. The first-order valence-electron chi connectivity index (χ1n) is 5.99. The van der Waals surface area contributed by atoms with E-state index in [1.54, 1.807) is 6.08 Å². The predicted octanol–water partition coefficient (Wildman–Crippen LogP) is 3.90. The molecule has 2 atom stereocenters. The summed E-state index contributed by atoms with van der Waals surface area (Å²) in [5.74, 6) is 1.32. The minimum Gasteiger partial charge on any atom is -0.295 e. The Labute approximate surface area is 93.3 Å². The molecule has 0 aliphatic heterocycles. The van der Waals surface area contributed by atoms with Gasteiger partial charge < -0.3 is 0 Å². The third kappa shape index (κ3) is 3.33. The Hall–Kier alpha value is -0.850. The van der Waals surface area contributed by atoms with Gasteiger partial charge in [-0.15, -0.1) is 6.58 Å². The molecule has 1 heteroatoms. The Morgan fingerprint density at radius 1 is 1.40 bits per heavy atom. The largest absolute Gasteiger partial charge is 0.295 e. The minimum atomic E-state index is 0.244. The van der Waals surface area contributed by atoms with Crippen molar-refractivity contribution in [3.8, 4) is 0 Å². The molecule has 0 saturated heterocycles. The van der Waals surface area contributed by atoms with Gasteiger partial charge in [0.05, 0.1) is 0 Å². The summed E-state index contributed by atoms with van der Waals surface area (Å²) >= 11 is 0. The molecular weight excluding hydrogens is 184 g/mol. The Kier molecular flexibility index (Phi) is 4.80. The lowest BCUT2D eigenvalue weighted by molar-refractivity contribution is -0.116. The van der Waals surface area contributed by atoms with Crippen LogP contribution in [0.15, 0.2) is 24.8 Å². The first-order chi connectivity index (χ1) is 7.16. The van der Waals surface area contributed by atoms with E-state index in [0.29, 0.717) is 18.3 Å². The lowest BCUT2D eigenvalue weighted by Crippen LogP contribution is -2.22. The van der Waals surface area contributed by atoms with Gasteiger partial charge >= 0.3 is 0 Å². The molecule has 0 radical (unpaired) electrons. The molecule has 0 aromatic rings. The van der Waals surface area contributed by atoms with E-state index in [-0.39, 0.29) is 5.78 Å². The second kappa shape index (κ2) is 5.89. The van der Waals surface area contributed by atoms with Crippen molar-refractivity contribution in [3.05, 3.63) is 24.8 Å². The van der Waals surface area contributed by atoms with E-state index >= 15 is 0 Å². The van der Waals surface area contributed by atoms with Crippen molar-refractivity contribution in [1.82, 2.24) is 0 Å². The number of Topliss-reactive ketones (excluding diaryl/α,β-unsaturated/α-hetero) is 1. The average molecular weight is 206 g/mol. The van der Waals surface area contributed by atoms with Crippen molar-refractivity contribution in [2.45, 2.75) is 45.4 Å². The molecule has 15 heavy (non-hydrogen) atoms. The molecule has 1 rings (SSSR count). The standard InChI is InChI=1S/C14H22O/c1-4-5-10-14(15)12(3)13-9-7-6-8-11(13)2/h4,11,13H,1,3,5-10H2,2H3. The first-order valence-corrected chi connectivity index (χ1v) is 5.99. The normalized spacial score (nSPS) is 25.9. The van der Waals surface area contributed by atoms with E-state index in [0.717, 1.165) is 18.4 Å². The quantitative estimate of drug-likeness (QED) is 0.492. The van der Waals surface area contributed by atoms with E-state index in [4.69, 9.17) is 0 Å². The van der Waals surface area contributed by atoms with Crippen LogP contribution >= 0.6 is 0 Å². The Morgan fingerprint density at radius 2 is 2.07 bits per heavy atom. The number of carbonyl (C=O) groups is 1. The van der Waals surface area contributed by atoms with Gasteiger partial charge in [0.25, 0.3) is 0 Å². The second-order valence-corrected chi connectivity index (χ2v) is 4.64. The van der Waals surface area contributed by atoms with Crippen molar-refractivity contribution in [3.63, 3.8) is 0 Å². The van der Waals surface area contributed by atoms with Crippen LogP contribution in [-0.2, 0) is 4.79 Å². The zero-order valence-corrected chi connectivity index (χ0v) is 9.80. The molecular formula is C14H22O. The van der Waals surface area contributed by atoms with E-state index in [9.17, 15) is 4.79 Å². The number of carbonyl (C=O) groups excluding carboxylic acids is 1. The van der Waals surface area contributed by atoms with Crippen LogP contribution in [0.25, 0.3) is 0 Å². The Balaban J connectivity index is 2.50. The first kappa shape index (κ1) is 12.2. The number of hydrogen-bond acceptors (Lipinski definition) is 1. The molecule has 0 bridgehead atoms. The highest BCUT2D eigenvalue weighted by Crippen LogP contribution is 2.34. The molecule has 0 heterocycles. The zero-order valence-electron chi connectivity index (χ0n) is 9.80. The maximum atomic E-state index is 11.8. The maximum absolute atomic E-state index is 11.8. The topological polar surface area (TPSA) is 17.1 Å². The molecule has 1 nitrogen and oxygen atoms in total. The minimum absolute atomic E-state index is 0.244. The van der Waals surface area contributed by atoms with E-state index in [2.05, 4.69) is 20.1 Å². The van der Waals surface area contributed by atoms with Crippen LogP contribution in [0, 0.1) is 11.8 Å². The fourth-order valence-electron chi connectivity index (χ4n) is 2.43. The van der Waals surface area contributed by atoms with E-state index in [1.165, 1.54) is 19.3 Å². The zero-order chi connectivity index (χ0) is 11.3. The lowest BCUT2D eigenvalue weighted by atomic mass is 9.75. The van der Waals surface area contributed by atoms with Crippen LogP contribution in [0.4, 0.5) is 0 Å². The number of ketones is 1. The molecule has 1 saturated carbocycles. The average Bonchev–Trinajstić information content (AvgIpc) is 2.25. The number of rotatable bonds is 5. The summed E-state index contributed by atoms with van der Waals surface area (Å²) in [6, 6.07) is 0. The fourth-order valence-corrected chi connectivity index (χ4v) is 2.43. The monoisotopic (exact) mass is 206 g/mol. The molecule has 0 amide bonds. The molecule has 1 aliphatic rings. The van der Waals surface area contributed by atoms with Gasteiger partial charge in [-0.1, -0.05) is 38.8 Å². The smallest absolute Gasteiger partial charge is 0.158 e. The molecule has 2 unspecified atom stereocenters. The van der Waals surface area contributed by atoms with Crippen LogP contribution in [0.3, 0.4) is 0 Å². The summed E-state index contributed by atoms with van der Waals surface area (Å²) < 4.78 is 0. The predicted molar refractivity (Wildman–Crippen MR) is 64.7 cm³/mol. The molecule has 0 N–H and O–H groups in total. The number of hydrogen-bond donors (Lipinski definition) is 0. The van der Waals surface area contributed by atoms with E-state index in [1.807, 2.05) is 0 Å². The lowest BCUT2D eigenvalue weighted by Gasteiger charge is -2.29. The molecule has 0 aromatic carbocycles. The van der Waals surface area contributed by atoms with Crippen LogP contribution in [-0.4, -0.2) is 5.78 Å². The summed E-state index contributed by atoms with van der Waals surface area (Å²) in [6.07, 6.45) is 8.13. The van der Waals surface area contributed by atoms with Crippen LogP contribution < -0.4 is 0 Å². The van der Waals surface area contributed by atoms with Crippen molar-refractivity contribution in [1.29, 1.82) is 0 Å². The van der Waals surface area contributed by atoms with Gasteiger partial charge in [-0.05, 0) is 30.3 Å². The second-order valence-electron chi connectivity index (χ2n) is 4.64. The van der Waals surface area contributed by atoms with Crippen LogP contribution in [0.5, 0.6) is 0 Å². The molecule has 0 spiro atoms. The van der Waals surface area contributed by atoms with Gasteiger partial charge in [-0.25, -0.2) is 0 Å². The summed E-state index contributed by atoms with van der Waals surface area (Å²) in [5, 5.41) is 0. The SMILES string of the molecule is C=CCCC(=O)C(=C)C1CCCCC1C. The number of allylic oxidation sites excluding steroid dienone is 2. The third-order valence-electron chi connectivity index (χ3n) is 3.49. The van der Waals surface area contributed by atoms with Crippen molar-refractivity contribution in [2.75, 3.05) is 0 Å². The van der Waals surface area contributed by atoms with Crippen molar-refractivity contribution in [2.24, 2.45) is 11.8 Å². The highest BCUT2D eigenvalue weighted by molar-refractivity contribution is 5.95. The molecule has 1 aliphatic carbocycles. The third-order valence-corrected chi connectivity index (χ3v) is 3.49. The summed E-state index contributed by atoms with van der Waals surface area (Å²) in [4.78, 5) is 11.8. The van der Waals surface area contributed by atoms with Gasteiger partial charge in [0.2, 0.25) is 0 Å². The van der Waals surface area contributed by atoms with Gasteiger partial charge in [0, 0.05) is 6.42 Å². The van der Waals surface area contributed by atoms with Gasteiger partial charge in [0.15, 0.2) is 5.78 Å². The van der Waals surface area contributed by atoms with Crippen LogP contribution in [0.1, 0.15) is 45.4 Å². The van der Waals surface area contributed by atoms with Gasteiger partial charge in [0.1, 0.15) is 0 Å². The van der Waals surface area contributed by atoms with Crippen molar-refractivity contribution < 1.29 is 4.79 Å². The van der Waals surface area contributed by atoms with E-state index < -0.39 is 0 Å². The summed E-state index contributed by atoms with van der Waals surface area (Å²) in [6.45, 7) is 9.88.